The number of hydrogen-bond donors (Lipinski definition) is 2. The highest BCUT2D eigenvalue weighted by Crippen LogP contribution is 2.40. The van der Waals surface area contributed by atoms with Crippen LogP contribution in [0.2, 0.25) is 0 Å². The molecule has 0 aromatic carbocycles. The van der Waals surface area contributed by atoms with Crippen LogP contribution in [0.15, 0.2) is 0 Å². The van der Waals surface area contributed by atoms with Crippen molar-refractivity contribution in [3.05, 3.63) is 0 Å². The molecule has 4 nitrogen and oxygen atoms in total. The monoisotopic (exact) mass is 307 g/mol. The molecule has 0 aliphatic heterocycles. The fraction of sp³-hybridized carbons (Fsp3) is 0.929. The van der Waals surface area contributed by atoms with Crippen molar-refractivity contribution < 1.29 is 18.0 Å². The Morgan fingerprint density at radius 2 is 1.95 bits per heavy atom. The van der Waals surface area contributed by atoms with Crippen molar-refractivity contribution in [2.24, 2.45) is 5.73 Å². The van der Waals surface area contributed by atoms with Crippen LogP contribution in [0.5, 0.6) is 0 Å². The van der Waals surface area contributed by atoms with Gasteiger partial charge in [0.2, 0.25) is 5.91 Å². The average Bonchev–Trinajstić information content (AvgIpc) is 3.06. The van der Waals surface area contributed by atoms with Gasteiger partial charge in [0.15, 0.2) is 0 Å². The zero-order valence-corrected chi connectivity index (χ0v) is 12.5. The van der Waals surface area contributed by atoms with E-state index in [0.717, 1.165) is 12.8 Å². The summed E-state index contributed by atoms with van der Waals surface area (Å²) < 4.78 is 38.3. The lowest BCUT2D eigenvalue weighted by atomic mass is 9.95. The number of hydrogen-bond acceptors (Lipinski definition) is 3. The summed E-state index contributed by atoms with van der Waals surface area (Å²) >= 11 is 0. The quantitative estimate of drug-likeness (QED) is 0.786. The van der Waals surface area contributed by atoms with Gasteiger partial charge in [0.25, 0.3) is 0 Å². The second-order valence-electron chi connectivity index (χ2n) is 6.66. The molecule has 2 aliphatic carbocycles. The van der Waals surface area contributed by atoms with Gasteiger partial charge in [-0.15, -0.1) is 0 Å². The van der Waals surface area contributed by atoms with Crippen LogP contribution in [0, 0.1) is 0 Å². The smallest absolute Gasteiger partial charge is 0.368 e. The number of nitrogens with one attached hydrogen (secondary N) is 1. The van der Waals surface area contributed by atoms with Crippen molar-refractivity contribution in [2.45, 2.75) is 75.8 Å². The molecule has 2 unspecified atom stereocenters. The van der Waals surface area contributed by atoms with Crippen molar-refractivity contribution in [1.29, 1.82) is 0 Å². The van der Waals surface area contributed by atoms with E-state index in [2.05, 4.69) is 5.32 Å². The van der Waals surface area contributed by atoms with Crippen LogP contribution in [-0.4, -0.2) is 47.2 Å². The summed E-state index contributed by atoms with van der Waals surface area (Å²) in [5.74, 6) is -0.457. The highest BCUT2D eigenvalue weighted by atomic mass is 19.4. The van der Waals surface area contributed by atoms with Crippen LogP contribution in [0.3, 0.4) is 0 Å². The van der Waals surface area contributed by atoms with Crippen molar-refractivity contribution in [2.75, 3.05) is 6.54 Å². The molecule has 2 aliphatic rings. The lowest BCUT2D eigenvalue weighted by molar-refractivity contribution is -0.152. The third kappa shape index (κ3) is 4.10. The molecular weight excluding hydrogens is 283 g/mol. The highest BCUT2D eigenvalue weighted by Gasteiger charge is 2.50. The van der Waals surface area contributed by atoms with Crippen LogP contribution < -0.4 is 11.1 Å². The molecule has 2 rings (SSSR count). The molecule has 7 heteroatoms. The molecule has 21 heavy (non-hydrogen) atoms. The average molecular weight is 307 g/mol. The summed E-state index contributed by atoms with van der Waals surface area (Å²) in [5.41, 5.74) is 4.66. The lowest BCUT2D eigenvalue weighted by Gasteiger charge is -2.33. The molecule has 2 atom stereocenters. The van der Waals surface area contributed by atoms with Gasteiger partial charge in [-0.05, 0) is 46.0 Å². The molecule has 0 radical (unpaired) electrons. The Labute approximate surface area is 123 Å². The van der Waals surface area contributed by atoms with Crippen molar-refractivity contribution in [3.63, 3.8) is 0 Å². The van der Waals surface area contributed by atoms with Gasteiger partial charge < -0.3 is 11.1 Å². The first-order valence-electron chi connectivity index (χ1n) is 7.53. The minimum Gasteiger partial charge on any atom is -0.368 e. The van der Waals surface area contributed by atoms with Gasteiger partial charge in [-0.2, -0.15) is 13.2 Å². The number of alkyl halides is 3. The Hall–Kier alpha value is -0.820. The van der Waals surface area contributed by atoms with E-state index in [4.69, 9.17) is 5.73 Å². The van der Waals surface area contributed by atoms with Crippen LogP contribution in [-0.2, 0) is 4.79 Å². The fourth-order valence-electron chi connectivity index (χ4n) is 3.45. The van der Waals surface area contributed by atoms with Gasteiger partial charge in [-0.1, -0.05) is 0 Å². The summed E-state index contributed by atoms with van der Waals surface area (Å²) in [4.78, 5) is 13.4. The molecule has 2 saturated carbocycles. The number of nitrogens with zero attached hydrogens (tertiary/aromatic N) is 1. The zero-order valence-electron chi connectivity index (χ0n) is 12.5. The van der Waals surface area contributed by atoms with Crippen LogP contribution in [0.4, 0.5) is 13.2 Å². The first-order valence-corrected chi connectivity index (χ1v) is 7.53. The second kappa shape index (κ2) is 5.76. The molecule has 0 aromatic rings. The van der Waals surface area contributed by atoms with E-state index < -0.39 is 24.2 Å². The lowest BCUT2D eigenvalue weighted by Crippen LogP contribution is -2.57. The molecular formula is C14H24F3N3O. The molecule has 0 saturated heterocycles. The van der Waals surface area contributed by atoms with Crippen molar-refractivity contribution >= 4 is 5.91 Å². The number of carbonyl (C=O) groups is 1. The zero-order chi connectivity index (χ0) is 15.8. The highest BCUT2D eigenvalue weighted by molar-refractivity contribution is 5.85. The molecule has 0 heterocycles. The number of primary amides is 1. The second-order valence-corrected chi connectivity index (χ2v) is 6.66. The van der Waals surface area contributed by atoms with E-state index in [1.54, 1.807) is 0 Å². The predicted octanol–water partition coefficient (Wildman–Crippen LogP) is 1.79. The van der Waals surface area contributed by atoms with Crippen LogP contribution in [0.1, 0.15) is 46.0 Å². The minimum atomic E-state index is -4.20. The van der Waals surface area contributed by atoms with Gasteiger partial charge in [0.1, 0.15) is 0 Å². The minimum absolute atomic E-state index is 0.0133. The molecule has 0 spiro atoms. The molecule has 0 aromatic heterocycles. The SMILES string of the molecule is CC(C)NC1(C(N)=O)CCC(N(CC(F)(F)F)C2CC2)C1. The summed E-state index contributed by atoms with van der Waals surface area (Å²) in [6.45, 7) is 2.93. The van der Waals surface area contributed by atoms with E-state index in [0.29, 0.717) is 19.3 Å². The Morgan fingerprint density at radius 1 is 1.33 bits per heavy atom. The topological polar surface area (TPSA) is 58.4 Å². The summed E-state index contributed by atoms with van der Waals surface area (Å²) in [5, 5.41) is 3.18. The number of halogens is 3. The van der Waals surface area contributed by atoms with Gasteiger partial charge in [-0.25, -0.2) is 0 Å². The van der Waals surface area contributed by atoms with E-state index in [-0.39, 0.29) is 18.1 Å². The van der Waals surface area contributed by atoms with E-state index in [1.165, 1.54) is 4.90 Å². The van der Waals surface area contributed by atoms with Crippen molar-refractivity contribution in [3.8, 4) is 0 Å². The third-order valence-corrected chi connectivity index (χ3v) is 4.37. The predicted molar refractivity (Wildman–Crippen MR) is 73.6 cm³/mol. The van der Waals surface area contributed by atoms with Gasteiger partial charge in [0, 0.05) is 18.1 Å². The Kier molecular flexibility index (Phi) is 4.54. The molecule has 0 bridgehead atoms. The Bertz CT molecular complexity index is 395. The maximum absolute atomic E-state index is 12.8. The molecule has 122 valence electrons. The number of nitrogens with two attached hydrogens (primary N) is 1. The van der Waals surface area contributed by atoms with Crippen molar-refractivity contribution in [1.82, 2.24) is 10.2 Å². The third-order valence-electron chi connectivity index (χ3n) is 4.37. The standard InChI is InChI=1S/C14H24F3N3O/c1-9(2)19-13(12(18)21)6-5-11(7-13)20(10-3-4-10)8-14(15,16)17/h9-11,19H,3-8H2,1-2H3,(H2,18,21). The van der Waals surface area contributed by atoms with Gasteiger partial charge in [-0.3, -0.25) is 9.69 Å². The van der Waals surface area contributed by atoms with Gasteiger partial charge >= 0.3 is 6.18 Å². The number of carbonyl (C=O) groups excluding carboxylic acids is 1. The molecule has 1 amide bonds. The van der Waals surface area contributed by atoms with Crippen LogP contribution >= 0.6 is 0 Å². The van der Waals surface area contributed by atoms with E-state index in [1.807, 2.05) is 13.8 Å². The molecule has 3 N–H and O–H groups in total. The summed E-state index contributed by atoms with van der Waals surface area (Å²) in [6.07, 6.45) is -1.12. The number of amides is 1. The van der Waals surface area contributed by atoms with E-state index in [9.17, 15) is 18.0 Å². The molecule has 2 fully saturated rings. The van der Waals surface area contributed by atoms with Gasteiger partial charge in [0.05, 0.1) is 12.1 Å². The Balaban J connectivity index is 2.09. The fourth-order valence-corrected chi connectivity index (χ4v) is 3.45. The summed E-state index contributed by atoms with van der Waals surface area (Å²) in [6, 6.07) is -0.148. The van der Waals surface area contributed by atoms with E-state index >= 15 is 0 Å². The normalized spacial score (nSPS) is 30.3. The first-order chi connectivity index (χ1) is 9.63. The first kappa shape index (κ1) is 16.5. The largest absolute Gasteiger partial charge is 0.401 e. The number of rotatable bonds is 6. The van der Waals surface area contributed by atoms with Crippen LogP contribution in [0.25, 0.3) is 0 Å². The summed E-state index contributed by atoms with van der Waals surface area (Å²) in [7, 11) is 0. The Morgan fingerprint density at radius 3 is 2.38 bits per heavy atom. The maximum atomic E-state index is 12.8. The maximum Gasteiger partial charge on any atom is 0.401 e.